The molecule has 6 rings (SSSR count). The molecular formula is C16H18FN7O2. The summed E-state index contributed by atoms with van der Waals surface area (Å²) in [6.45, 7) is 0. The maximum Gasteiger partial charge on any atom is 0.295 e. The Morgan fingerprint density at radius 1 is 1.31 bits per heavy atom. The first-order valence-electron chi connectivity index (χ1n) is 9.08. The number of rotatable bonds is 2. The Hall–Kier alpha value is -2.49. The standard InChI is InChI=1S/C16H18FN7O2/c17-15-18-7-10-23(15)9-4-2-1-3-8(9)11-20-21-12(24(10)11)13-19-14(22-26-13)16(25)5-6-16/h7-9,11,20,25H,1-6H2. The Balaban J connectivity index is 1.43. The van der Waals surface area contributed by atoms with Gasteiger partial charge in [-0.1, -0.05) is 18.0 Å². The van der Waals surface area contributed by atoms with Gasteiger partial charge in [0.2, 0.25) is 11.7 Å². The first-order chi connectivity index (χ1) is 12.7. The lowest BCUT2D eigenvalue weighted by Gasteiger charge is -2.45. The van der Waals surface area contributed by atoms with Crippen molar-refractivity contribution in [1.29, 1.82) is 0 Å². The van der Waals surface area contributed by atoms with Crippen molar-refractivity contribution in [3.8, 4) is 0 Å². The van der Waals surface area contributed by atoms with E-state index in [0.29, 0.717) is 24.5 Å². The molecule has 10 heteroatoms. The van der Waals surface area contributed by atoms with Crippen LogP contribution >= 0.6 is 0 Å². The number of imidazole rings is 1. The summed E-state index contributed by atoms with van der Waals surface area (Å²) in [5, 5.41) is 18.5. The topological polar surface area (TPSA) is 105 Å². The number of halogens is 1. The average molecular weight is 359 g/mol. The van der Waals surface area contributed by atoms with Crippen LogP contribution < -0.4 is 10.3 Å². The highest BCUT2D eigenvalue weighted by molar-refractivity contribution is 6.08. The molecule has 0 bridgehead atoms. The molecule has 0 radical (unpaired) electrons. The van der Waals surface area contributed by atoms with E-state index in [1.807, 2.05) is 4.90 Å². The second-order valence-electron chi connectivity index (χ2n) is 7.61. The Bertz CT molecular complexity index is 918. The highest BCUT2D eigenvalue weighted by Gasteiger charge is 2.50. The van der Waals surface area contributed by atoms with Gasteiger partial charge >= 0.3 is 0 Å². The predicted molar refractivity (Wildman–Crippen MR) is 86.5 cm³/mol. The van der Waals surface area contributed by atoms with Crippen LogP contribution in [0.1, 0.15) is 56.3 Å². The summed E-state index contributed by atoms with van der Waals surface area (Å²) in [5.41, 5.74) is 2.21. The summed E-state index contributed by atoms with van der Waals surface area (Å²) in [6, 6.07) is 0.0787. The molecule has 26 heavy (non-hydrogen) atoms. The third-order valence-electron chi connectivity index (χ3n) is 6.06. The maximum absolute atomic E-state index is 14.4. The number of nitrogens with one attached hydrogen (secondary N) is 1. The van der Waals surface area contributed by atoms with Gasteiger partial charge in [0.1, 0.15) is 17.6 Å². The first-order valence-corrected chi connectivity index (χ1v) is 9.08. The van der Waals surface area contributed by atoms with Crippen LogP contribution in [0, 0.1) is 12.0 Å². The molecule has 2 fully saturated rings. The van der Waals surface area contributed by atoms with Crippen LogP contribution in [0.25, 0.3) is 0 Å². The van der Waals surface area contributed by atoms with E-state index >= 15 is 0 Å². The number of fused-ring (bicyclic) bond motifs is 6. The van der Waals surface area contributed by atoms with Crippen LogP contribution in [0.15, 0.2) is 15.8 Å². The fourth-order valence-electron chi connectivity index (χ4n) is 4.55. The second-order valence-corrected chi connectivity index (χ2v) is 7.61. The third kappa shape index (κ3) is 1.82. The quantitative estimate of drug-likeness (QED) is 0.831. The van der Waals surface area contributed by atoms with Gasteiger partial charge in [-0.15, -0.1) is 0 Å². The van der Waals surface area contributed by atoms with Crippen LogP contribution in [-0.2, 0) is 5.60 Å². The molecule has 4 heterocycles. The molecule has 2 aromatic rings. The van der Waals surface area contributed by atoms with Gasteiger partial charge in [-0.25, -0.2) is 4.98 Å². The molecule has 2 saturated carbocycles. The molecule has 2 aromatic heterocycles. The van der Waals surface area contributed by atoms with Crippen molar-refractivity contribution in [2.75, 3.05) is 4.90 Å². The van der Waals surface area contributed by atoms with Crippen LogP contribution in [0.2, 0.25) is 0 Å². The number of hydrazone groups is 1. The number of hydrogen-bond acceptors (Lipinski definition) is 8. The first kappa shape index (κ1) is 14.7. The fourth-order valence-corrected chi connectivity index (χ4v) is 4.55. The number of aromatic nitrogens is 4. The zero-order valence-corrected chi connectivity index (χ0v) is 14.0. The molecule has 0 saturated heterocycles. The molecule has 0 spiro atoms. The van der Waals surface area contributed by atoms with Crippen LogP contribution in [-0.4, -0.2) is 36.8 Å². The van der Waals surface area contributed by atoms with Crippen molar-refractivity contribution in [1.82, 2.24) is 25.1 Å². The van der Waals surface area contributed by atoms with Crippen LogP contribution in [0.5, 0.6) is 0 Å². The minimum atomic E-state index is -0.974. The SMILES string of the molecule is OC1(c2noc(C3=NNC4C5CCCCC5n5c(cnc5F)N34)n2)CC1. The van der Waals surface area contributed by atoms with Crippen molar-refractivity contribution in [3.05, 3.63) is 24.0 Å². The van der Waals surface area contributed by atoms with Crippen molar-refractivity contribution < 1.29 is 14.0 Å². The number of anilines is 1. The van der Waals surface area contributed by atoms with Crippen LogP contribution in [0.4, 0.5) is 10.2 Å². The Labute approximate surface area is 147 Å². The van der Waals surface area contributed by atoms with Gasteiger partial charge in [0.05, 0.1) is 6.20 Å². The summed E-state index contributed by atoms with van der Waals surface area (Å²) in [7, 11) is 0. The number of aliphatic hydroxyl groups is 1. The minimum absolute atomic E-state index is 0.0787. The van der Waals surface area contributed by atoms with Gasteiger partial charge in [-0.2, -0.15) is 14.5 Å². The van der Waals surface area contributed by atoms with Gasteiger partial charge in [0.25, 0.3) is 12.0 Å². The van der Waals surface area contributed by atoms with E-state index in [0.717, 1.165) is 25.7 Å². The van der Waals surface area contributed by atoms with Gasteiger partial charge in [0.15, 0.2) is 0 Å². The molecule has 9 nitrogen and oxygen atoms in total. The molecular weight excluding hydrogens is 341 g/mol. The number of amidine groups is 1. The van der Waals surface area contributed by atoms with Crippen molar-refractivity contribution >= 4 is 11.7 Å². The lowest BCUT2D eigenvalue weighted by atomic mass is 9.80. The number of nitrogens with zero attached hydrogens (tertiary/aromatic N) is 6. The molecule has 2 N–H and O–H groups in total. The maximum atomic E-state index is 14.4. The van der Waals surface area contributed by atoms with E-state index < -0.39 is 11.7 Å². The zero-order chi connectivity index (χ0) is 17.5. The van der Waals surface area contributed by atoms with E-state index in [-0.39, 0.29) is 29.8 Å². The third-order valence-corrected chi connectivity index (χ3v) is 6.06. The molecule has 0 amide bonds. The molecule has 136 valence electrons. The normalized spacial score (nSPS) is 30.9. The average Bonchev–Trinajstić information content (AvgIpc) is 3.06. The lowest BCUT2D eigenvalue weighted by Crippen LogP contribution is -2.54. The monoisotopic (exact) mass is 359 g/mol. The van der Waals surface area contributed by atoms with Crippen molar-refractivity contribution in [2.45, 2.75) is 56.3 Å². The lowest BCUT2D eigenvalue weighted by molar-refractivity contribution is 0.137. The molecule has 4 aliphatic rings. The largest absolute Gasteiger partial charge is 0.382 e. The fraction of sp³-hybridized carbons (Fsp3) is 0.625. The van der Waals surface area contributed by atoms with E-state index in [1.165, 1.54) is 6.20 Å². The predicted octanol–water partition coefficient (Wildman–Crippen LogP) is 1.23. The van der Waals surface area contributed by atoms with Crippen molar-refractivity contribution in [3.63, 3.8) is 0 Å². The molecule has 2 aliphatic heterocycles. The zero-order valence-electron chi connectivity index (χ0n) is 14.0. The number of hydrogen-bond donors (Lipinski definition) is 2. The summed E-state index contributed by atoms with van der Waals surface area (Å²) in [4.78, 5) is 10.1. The van der Waals surface area contributed by atoms with Gasteiger partial charge in [-0.3, -0.25) is 14.9 Å². The highest BCUT2D eigenvalue weighted by atomic mass is 19.1. The molecule has 2 aliphatic carbocycles. The van der Waals surface area contributed by atoms with Gasteiger partial charge < -0.3 is 9.63 Å². The Morgan fingerprint density at radius 3 is 3.00 bits per heavy atom. The summed E-state index contributed by atoms with van der Waals surface area (Å²) >= 11 is 0. The minimum Gasteiger partial charge on any atom is -0.382 e. The van der Waals surface area contributed by atoms with E-state index in [2.05, 4.69) is 25.7 Å². The van der Waals surface area contributed by atoms with E-state index in [9.17, 15) is 9.50 Å². The van der Waals surface area contributed by atoms with Crippen molar-refractivity contribution in [2.24, 2.45) is 11.0 Å². The molecule has 0 aromatic carbocycles. The summed E-state index contributed by atoms with van der Waals surface area (Å²) < 4.78 is 21.5. The summed E-state index contributed by atoms with van der Waals surface area (Å²) in [5.74, 6) is 1.81. The molecule has 3 atom stereocenters. The van der Waals surface area contributed by atoms with Gasteiger partial charge in [0, 0.05) is 12.0 Å². The van der Waals surface area contributed by atoms with E-state index in [4.69, 9.17) is 4.52 Å². The summed E-state index contributed by atoms with van der Waals surface area (Å²) in [6.07, 6.45) is 6.36. The Morgan fingerprint density at radius 2 is 2.15 bits per heavy atom. The smallest absolute Gasteiger partial charge is 0.295 e. The van der Waals surface area contributed by atoms with Crippen LogP contribution in [0.3, 0.4) is 0 Å². The van der Waals surface area contributed by atoms with Gasteiger partial charge in [-0.05, 0) is 25.7 Å². The Kier molecular flexibility index (Phi) is 2.71. The second kappa shape index (κ2) is 4.81. The van der Waals surface area contributed by atoms with E-state index in [1.54, 1.807) is 4.57 Å². The molecule has 3 unspecified atom stereocenters. The highest BCUT2D eigenvalue weighted by Crippen LogP contribution is 2.47.